The average Bonchev–Trinajstić information content (AvgIpc) is 3.30. The van der Waals surface area contributed by atoms with Gasteiger partial charge in [0.05, 0.1) is 31.3 Å². The molecule has 4 N–H and O–H groups in total. The summed E-state index contributed by atoms with van der Waals surface area (Å²) in [6.07, 6.45) is 71.0. The molecule has 386 valence electrons. The Balaban J connectivity index is 3.51. The van der Waals surface area contributed by atoms with Crippen LogP contribution in [0.2, 0.25) is 0 Å². The van der Waals surface area contributed by atoms with Gasteiger partial charge in [0, 0.05) is 0 Å². The van der Waals surface area contributed by atoms with E-state index < -0.39 is 18.2 Å². The Bertz CT molecular complexity index is 967. The molecule has 0 aromatic heterocycles. The molecule has 0 spiro atoms. The highest BCUT2D eigenvalue weighted by molar-refractivity contribution is 5.76. The minimum Gasteiger partial charge on any atom is -0.394 e. The molecule has 3 unspecified atom stereocenters. The molecule has 0 heterocycles. The number of aliphatic hydroxyl groups is 3. The summed E-state index contributed by atoms with van der Waals surface area (Å²) in [7, 11) is 0. The predicted molar refractivity (Wildman–Crippen MR) is 287 cm³/mol. The van der Waals surface area contributed by atoms with Crippen molar-refractivity contribution < 1.29 is 20.1 Å². The Morgan fingerprint density at radius 2 is 0.662 bits per heavy atom. The maximum atomic E-state index is 12.5. The molecule has 5 nitrogen and oxygen atoms in total. The SMILES string of the molecule is CCCCCCCCCCCCCCC/C=C/CC/C=C/C(O)C(CO)NC(=O)CC(O)CCCCCCCCCCCCCCCCCCCCCCCCCCCCCCCCC. The van der Waals surface area contributed by atoms with Gasteiger partial charge in [0.25, 0.3) is 0 Å². The van der Waals surface area contributed by atoms with Gasteiger partial charge in [-0.25, -0.2) is 0 Å². The Kier molecular flexibility index (Phi) is 54.4. The first-order valence-corrected chi connectivity index (χ1v) is 29.6. The fourth-order valence-electron chi connectivity index (χ4n) is 9.48. The fraction of sp³-hybridized carbons (Fsp3) is 0.917. The molecular weight excluding hydrogens is 799 g/mol. The molecule has 3 atom stereocenters. The normalized spacial score (nSPS) is 13.4. The first-order valence-electron chi connectivity index (χ1n) is 29.6. The molecule has 65 heavy (non-hydrogen) atoms. The highest BCUT2D eigenvalue weighted by Crippen LogP contribution is 2.18. The number of carbonyl (C=O) groups is 1. The maximum Gasteiger partial charge on any atom is 0.222 e. The molecule has 0 aromatic carbocycles. The third kappa shape index (κ3) is 52.1. The first-order chi connectivity index (χ1) is 32.0. The maximum absolute atomic E-state index is 12.5. The lowest BCUT2D eigenvalue weighted by Gasteiger charge is -2.21. The zero-order valence-corrected chi connectivity index (χ0v) is 44.1. The smallest absolute Gasteiger partial charge is 0.222 e. The summed E-state index contributed by atoms with van der Waals surface area (Å²) in [5.74, 6) is -0.319. The molecule has 0 aliphatic rings. The highest BCUT2D eigenvalue weighted by atomic mass is 16.3. The van der Waals surface area contributed by atoms with Crippen LogP contribution in [0.3, 0.4) is 0 Å². The number of allylic oxidation sites excluding steroid dienone is 3. The van der Waals surface area contributed by atoms with Gasteiger partial charge in [-0.1, -0.05) is 314 Å². The Morgan fingerprint density at radius 3 is 0.985 bits per heavy atom. The van der Waals surface area contributed by atoms with Crippen molar-refractivity contribution in [3.63, 3.8) is 0 Å². The number of carbonyl (C=O) groups excluding carboxylic acids is 1. The molecule has 5 heteroatoms. The fourth-order valence-corrected chi connectivity index (χ4v) is 9.48. The molecule has 0 saturated carbocycles. The molecule has 0 radical (unpaired) electrons. The molecule has 0 aliphatic heterocycles. The average molecular weight is 917 g/mol. The highest BCUT2D eigenvalue weighted by Gasteiger charge is 2.20. The van der Waals surface area contributed by atoms with Gasteiger partial charge in [-0.2, -0.15) is 0 Å². The lowest BCUT2D eigenvalue weighted by atomic mass is 10.0. The van der Waals surface area contributed by atoms with Crippen molar-refractivity contribution in [3.8, 4) is 0 Å². The molecule has 0 bridgehead atoms. The van der Waals surface area contributed by atoms with Crippen molar-refractivity contribution in [2.45, 2.75) is 347 Å². The molecule has 0 aromatic rings. The Hall–Kier alpha value is -1.17. The molecule has 0 aliphatic carbocycles. The standard InChI is InChI=1S/C60H117NO4/c1-3-5-7-9-11-13-15-17-19-21-23-24-25-26-27-28-29-30-31-32-33-34-36-37-39-41-43-45-47-49-51-53-57(63)55-60(65)61-58(56-62)59(64)54-52-50-48-46-44-42-40-38-35-22-20-18-16-14-12-10-8-6-4-2/h44,46,52,54,57-59,62-64H,3-43,45,47-51,53,55-56H2,1-2H3,(H,61,65)/b46-44+,54-52+. The molecule has 0 saturated heterocycles. The van der Waals surface area contributed by atoms with Crippen LogP contribution in [-0.4, -0.2) is 46.1 Å². The van der Waals surface area contributed by atoms with Crippen LogP contribution >= 0.6 is 0 Å². The van der Waals surface area contributed by atoms with Crippen LogP contribution in [-0.2, 0) is 4.79 Å². The van der Waals surface area contributed by atoms with Gasteiger partial charge in [-0.15, -0.1) is 0 Å². The van der Waals surface area contributed by atoms with E-state index in [1.807, 2.05) is 6.08 Å². The second kappa shape index (κ2) is 55.4. The first kappa shape index (κ1) is 63.8. The summed E-state index contributed by atoms with van der Waals surface area (Å²) in [6, 6.07) is -0.759. The largest absolute Gasteiger partial charge is 0.394 e. The number of rotatable bonds is 55. The van der Waals surface area contributed by atoms with Gasteiger partial charge in [0.15, 0.2) is 0 Å². The molecule has 0 fully saturated rings. The van der Waals surface area contributed by atoms with Crippen molar-refractivity contribution in [1.29, 1.82) is 0 Å². The van der Waals surface area contributed by atoms with Crippen LogP contribution in [0.1, 0.15) is 328 Å². The van der Waals surface area contributed by atoms with E-state index in [2.05, 4.69) is 31.3 Å². The van der Waals surface area contributed by atoms with Crippen LogP contribution in [0.25, 0.3) is 0 Å². The van der Waals surface area contributed by atoms with E-state index in [4.69, 9.17) is 0 Å². The number of hydrogen-bond acceptors (Lipinski definition) is 4. The van der Waals surface area contributed by atoms with Crippen LogP contribution in [0.5, 0.6) is 0 Å². The van der Waals surface area contributed by atoms with Gasteiger partial charge >= 0.3 is 0 Å². The van der Waals surface area contributed by atoms with E-state index in [0.29, 0.717) is 6.42 Å². The lowest BCUT2D eigenvalue weighted by molar-refractivity contribution is -0.124. The summed E-state index contributed by atoms with van der Waals surface area (Å²) < 4.78 is 0. The van der Waals surface area contributed by atoms with Gasteiger partial charge in [0.2, 0.25) is 5.91 Å². The summed E-state index contributed by atoms with van der Waals surface area (Å²) in [5.41, 5.74) is 0. The van der Waals surface area contributed by atoms with Gasteiger partial charge in [-0.3, -0.25) is 4.79 Å². The molecule has 0 rings (SSSR count). The second-order valence-electron chi connectivity index (χ2n) is 20.6. The zero-order chi connectivity index (χ0) is 47.2. The van der Waals surface area contributed by atoms with Gasteiger partial charge in [-0.05, 0) is 32.1 Å². The van der Waals surface area contributed by atoms with Crippen molar-refractivity contribution in [1.82, 2.24) is 5.32 Å². The number of aliphatic hydroxyl groups excluding tert-OH is 3. The van der Waals surface area contributed by atoms with Gasteiger partial charge in [0.1, 0.15) is 0 Å². The van der Waals surface area contributed by atoms with E-state index in [1.54, 1.807) is 6.08 Å². The number of hydrogen-bond donors (Lipinski definition) is 4. The minimum atomic E-state index is -0.950. The van der Waals surface area contributed by atoms with E-state index in [1.165, 1.54) is 270 Å². The van der Waals surface area contributed by atoms with E-state index in [9.17, 15) is 20.1 Å². The lowest BCUT2D eigenvalue weighted by Crippen LogP contribution is -2.45. The summed E-state index contributed by atoms with van der Waals surface area (Å²) in [6.45, 7) is 4.24. The van der Waals surface area contributed by atoms with E-state index in [-0.39, 0.29) is 18.9 Å². The monoisotopic (exact) mass is 916 g/mol. The second-order valence-corrected chi connectivity index (χ2v) is 20.6. The number of nitrogens with one attached hydrogen (secondary N) is 1. The summed E-state index contributed by atoms with van der Waals surface area (Å²) >= 11 is 0. The van der Waals surface area contributed by atoms with Crippen LogP contribution in [0.4, 0.5) is 0 Å². The van der Waals surface area contributed by atoms with Gasteiger partial charge < -0.3 is 20.6 Å². The summed E-state index contributed by atoms with van der Waals surface area (Å²) in [5, 5.41) is 33.4. The van der Waals surface area contributed by atoms with Crippen LogP contribution in [0.15, 0.2) is 24.3 Å². The summed E-state index contributed by atoms with van der Waals surface area (Å²) in [4.78, 5) is 12.5. The zero-order valence-electron chi connectivity index (χ0n) is 44.1. The van der Waals surface area contributed by atoms with Crippen molar-refractivity contribution in [2.75, 3.05) is 6.61 Å². The van der Waals surface area contributed by atoms with Crippen molar-refractivity contribution in [2.24, 2.45) is 0 Å². The van der Waals surface area contributed by atoms with Crippen LogP contribution in [0, 0.1) is 0 Å². The predicted octanol–water partition coefficient (Wildman–Crippen LogP) is 18.5. The number of amides is 1. The van der Waals surface area contributed by atoms with E-state index in [0.717, 1.165) is 32.1 Å². The van der Waals surface area contributed by atoms with Crippen molar-refractivity contribution >= 4 is 5.91 Å². The molecule has 1 amide bonds. The topological polar surface area (TPSA) is 89.8 Å². The third-order valence-corrected chi connectivity index (χ3v) is 14.0. The van der Waals surface area contributed by atoms with Crippen molar-refractivity contribution in [3.05, 3.63) is 24.3 Å². The quantitative estimate of drug-likeness (QED) is 0.0361. The van der Waals surface area contributed by atoms with Crippen LogP contribution < -0.4 is 5.32 Å². The Morgan fingerprint density at radius 1 is 0.385 bits per heavy atom. The minimum absolute atomic E-state index is 0.0105. The third-order valence-electron chi connectivity index (χ3n) is 14.0. The Labute approximate surface area is 407 Å². The number of unbranched alkanes of at least 4 members (excludes halogenated alkanes) is 44. The van der Waals surface area contributed by atoms with E-state index >= 15 is 0 Å². The molecular formula is C60H117NO4.